The highest BCUT2D eigenvalue weighted by Crippen LogP contribution is 2.29. The van der Waals surface area contributed by atoms with Gasteiger partial charge in [0.2, 0.25) is 11.7 Å². The average Bonchev–Trinajstić information content (AvgIpc) is 3.18. The van der Waals surface area contributed by atoms with Gasteiger partial charge in [0, 0.05) is 29.6 Å². The van der Waals surface area contributed by atoms with Gasteiger partial charge in [0.25, 0.3) is 5.91 Å². The van der Waals surface area contributed by atoms with Gasteiger partial charge in [-0.25, -0.2) is 4.39 Å². The molecule has 1 saturated heterocycles. The van der Waals surface area contributed by atoms with Crippen LogP contribution in [0, 0.1) is 5.82 Å². The van der Waals surface area contributed by atoms with Crippen LogP contribution in [0.2, 0.25) is 5.02 Å². The Bertz CT molecular complexity index is 967. The van der Waals surface area contributed by atoms with E-state index in [9.17, 15) is 9.18 Å². The maximum atomic E-state index is 13.8. The predicted molar refractivity (Wildman–Crippen MR) is 99.0 cm³/mol. The van der Waals surface area contributed by atoms with Crippen molar-refractivity contribution in [3.63, 3.8) is 0 Å². The monoisotopic (exact) mass is 385 g/mol. The number of hydrogen-bond acceptors (Lipinski definition) is 4. The van der Waals surface area contributed by atoms with Crippen molar-refractivity contribution in [2.45, 2.75) is 18.8 Å². The van der Waals surface area contributed by atoms with E-state index in [1.54, 1.807) is 29.2 Å². The third-order valence-corrected chi connectivity index (χ3v) is 5.00. The molecule has 0 saturated carbocycles. The van der Waals surface area contributed by atoms with Crippen molar-refractivity contribution in [3.8, 4) is 11.4 Å². The number of nitrogens with zero attached hydrogens (tertiary/aromatic N) is 3. The third kappa shape index (κ3) is 3.71. The topological polar surface area (TPSA) is 59.2 Å². The van der Waals surface area contributed by atoms with E-state index < -0.39 is 5.82 Å². The zero-order valence-corrected chi connectivity index (χ0v) is 15.2. The van der Waals surface area contributed by atoms with Crippen molar-refractivity contribution in [2.24, 2.45) is 0 Å². The van der Waals surface area contributed by atoms with E-state index in [-0.39, 0.29) is 17.4 Å². The van der Waals surface area contributed by atoms with Crippen LogP contribution in [0.25, 0.3) is 11.4 Å². The van der Waals surface area contributed by atoms with Crippen LogP contribution in [0.15, 0.2) is 53.1 Å². The van der Waals surface area contributed by atoms with E-state index in [0.29, 0.717) is 42.7 Å². The van der Waals surface area contributed by atoms with E-state index in [2.05, 4.69) is 10.1 Å². The fraction of sp³-hybridized carbons (Fsp3) is 0.250. The van der Waals surface area contributed by atoms with Crippen LogP contribution in [0.4, 0.5) is 4.39 Å². The quantitative estimate of drug-likeness (QED) is 0.663. The van der Waals surface area contributed by atoms with Crippen LogP contribution < -0.4 is 0 Å². The number of benzene rings is 2. The zero-order valence-electron chi connectivity index (χ0n) is 14.4. The van der Waals surface area contributed by atoms with Gasteiger partial charge in [-0.15, -0.1) is 0 Å². The molecule has 138 valence electrons. The summed E-state index contributed by atoms with van der Waals surface area (Å²) in [6.07, 6.45) is 1.38. The lowest BCUT2D eigenvalue weighted by Gasteiger charge is -2.30. The van der Waals surface area contributed by atoms with Gasteiger partial charge in [-0.05, 0) is 37.1 Å². The molecule has 0 N–H and O–H groups in total. The minimum atomic E-state index is -0.493. The number of carbonyl (C=O) groups is 1. The first-order chi connectivity index (χ1) is 13.1. The molecule has 2 aromatic carbocycles. The molecular formula is C20H17ClFN3O2. The molecule has 0 unspecified atom stereocenters. The molecule has 0 spiro atoms. The van der Waals surface area contributed by atoms with E-state index in [0.717, 1.165) is 5.56 Å². The molecule has 1 aromatic heterocycles. The first kappa shape index (κ1) is 17.7. The average molecular weight is 386 g/mol. The molecule has 1 fully saturated rings. The molecule has 0 atom stereocenters. The van der Waals surface area contributed by atoms with Crippen LogP contribution >= 0.6 is 11.6 Å². The number of amides is 1. The number of piperidine rings is 1. The molecule has 0 aliphatic carbocycles. The van der Waals surface area contributed by atoms with Crippen LogP contribution in [-0.2, 0) is 0 Å². The maximum absolute atomic E-state index is 13.8. The second-order valence-corrected chi connectivity index (χ2v) is 6.95. The van der Waals surface area contributed by atoms with Crippen molar-refractivity contribution >= 4 is 17.5 Å². The lowest BCUT2D eigenvalue weighted by atomic mass is 9.96. The van der Waals surface area contributed by atoms with Crippen LogP contribution in [0.5, 0.6) is 0 Å². The summed E-state index contributed by atoms with van der Waals surface area (Å²) in [6.45, 7) is 1.04. The Morgan fingerprint density at radius 2 is 1.93 bits per heavy atom. The highest BCUT2D eigenvalue weighted by molar-refractivity contribution is 6.30. The van der Waals surface area contributed by atoms with Gasteiger partial charge >= 0.3 is 0 Å². The van der Waals surface area contributed by atoms with Crippen LogP contribution in [-0.4, -0.2) is 34.0 Å². The summed E-state index contributed by atoms with van der Waals surface area (Å²) < 4.78 is 19.3. The van der Waals surface area contributed by atoms with Gasteiger partial charge in [0.05, 0.1) is 5.56 Å². The molecule has 5 nitrogen and oxygen atoms in total. The lowest BCUT2D eigenvalue weighted by Crippen LogP contribution is -2.38. The highest BCUT2D eigenvalue weighted by atomic mass is 35.5. The Labute approximate surface area is 160 Å². The maximum Gasteiger partial charge on any atom is 0.256 e. The fourth-order valence-corrected chi connectivity index (χ4v) is 3.47. The van der Waals surface area contributed by atoms with Crippen LogP contribution in [0.1, 0.15) is 35.0 Å². The predicted octanol–water partition coefficient (Wildman–Crippen LogP) is 4.55. The van der Waals surface area contributed by atoms with Gasteiger partial charge in [0.15, 0.2) is 0 Å². The molecule has 3 aromatic rings. The Morgan fingerprint density at radius 1 is 1.15 bits per heavy atom. The molecule has 7 heteroatoms. The molecular weight excluding hydrogens is 369 g/mol. The van der Waals surface area contributed by atoms with Gasteiger partial charge in [-0.2, -0.15) is 4.98 Å². The zero-order chi connectivity index (χ0) is 18.8. The highest BCUT2D eigenvalue weighted by Gasteiger charge is 2.29. The smallest absolute Gasteiger partial charge is 0.256 e. The summed E-state index contributed by atoms with van der Waals surface area (Å²) in [7, 11) is 0. The van der Waals surface area contributed by atoms with Gasteiger partial charge < -0.3 is 9.42 Å². The number of aromatic nitrogens is 2. The largest absolute Gasteiger partial charge is 0.339 e. The number of rotatable bonds is 3. The van der Waals surface area contributed by atoms with Crippen molar-refractivity contribution in [1.29, 1.82) is 0 Å². The molecule has 1 amide bonds. The van der Waals surface area contributed by atoms with E-state index >= 15 is 0 Å². The lowest BCUT2D eigenvalue weighted by molar-refractivity contribution is 0.0700. The molecule has 27 heavy (non-hydrogen) atoms. The van der Waals surface area contributed by atoms with Crippen molar-refractivity contribution in [1.82, 2.24) is 15.0 Å². The summed E-state index contributed by atoms with van der Waals surface area (Å²) in [4.78, 5) is 18.7. The summed E-state index contributed by atoms with van der Waals surface area (Å²) >= 11 is 6.01. The van der Waals surface area contributed by atoms with Crippen molar-refractivity contribution in [3.05, 3.63) is 70.8 Å². The first-order valence-corrected chi connectivity index (χ1v) is 9.13. The number of hydrogen-bond donors (Lipinski definition) is 0. The Kier molecular flexibility index (Phi) is 4.90. The van der Waals surface area contributed by atoms with Crippen molar-refractivity contribution < 1.29 is 13.7 Å². The molecule has 2 heterocycles. The van der Waals surface area contributed by atoms with E-state index in [1.807, 2.05) is 12.1 Å². The first-order valence-electron chi connectivity index (χ1n) is 8.75. The Balaban J connectivity index is 1.43. The number of halogens is 2. The van der Waals surface area contributed by atoms with Gasteiger partial charge in [-0.3, -0.25) is 4.79 Å². The van der Waals surface area contributed by atoms with Gasteiger partial charge in [-0.1, -0.05) is 41.0 Å². The second kappa shape index (κ2) is 7.48. The molecule has 1 aliphatic heterocycles. The molecule has 0 bridgehead atoms. The SMILES string of the molecule is O=C(c1ccccc1F)N1CCC(c2nc(-c3cccc(Cl)c3)no2)CC1. The molecule has 4 rings (SSSR count). The third-order valence-electron chi connectivity index (χ3n) is 4.76. The summed E-state index contributed by atoms with van der Waals surface area (Å²) in [5.41, 5.74) is 0.904. The van der Waals surface area contributed by atoms with Crippen molar-refractivity contribution in [2.75, 3.05) is 13.1 Å². The Hall–Kier alpha value is -2.73. The van der Waals surface area contributed by atoms with Gasteiger partial charge in [0.1, 0.15) is 5.82 Å². The number of likely N-dealkylation sites (tertiary alicyclic amines) is 1. The van der Waals surface area contributed by atoms with E-state index in [4.69, 9.17) is 16.1 Å². The normalized spacial score (nSPS) is 15.1. The standard InChI is InChI=1S/C20H17ClFN3O2/c21-15-5-3-4-14(12-15)18-23-19(27-24-18)13-8-10-25(11-9-13)20(26)16-6-1-2-7-17(16)22/h1-7,12-13H,8-11H2. The van der Waals surface area contributed by atoms with E-state index in [1.165, 1.54) is 12.1 Å². The Morgan fingerprint density at radius 3 is 2.67 bits per heavy atom. The fourth-order valence-electron chi connectivity index (χ4n) is 3.28. The second-order valence-electron chi connectivity index (χ2n) is 6.51. The molecule has 1 aliphatic rings. The minimum Gasteiger partial charge on any atom is -0.339 e. The summed E-state index contributed by atoms with van der Waals surface area (Å²) in [6, 6.07) is 13.3. The minimum absolute atomic E-state index is 0.0788. The van der Waals surface area contributed by atoms with Crippen LogP contribution in [0.3, 0.4) is 0 Å². The number of carbonyl (C=O) groups excluding carboxylic acids is 1. The summed E-state index contributed by atoms with van der Waals surface area (Å²) in [5.74, 6) is 0.361. The summed E-state index contributed by atoms with van der Waals surface area (Å²) in [5, 5.41) is 4.65. The molecule has 0 radical (unpaired) electrons.